The average molecular weight is 139 g/mol. The van der Waals surface area contributed by atoms with Gasteiger partial charge in [0.2, 0.25) is 0 Å². The van der Waals surface area contributed by atoms with Crippen molar-refractivity contribution in [3.63, 3.8) is 0 Å². The first-order valence-corrected chi connectivity index (χ1v) is 4.11. The molecule has 1 saturated carbocycles. The standard InChI is InChI=1S/C8H13NO/c1-7(3-9-4-7)2-8(1)5-10-6-8/h9H,1-6H2. The lowest BCUT2D eigenvalue weighted by atomic mass is 9.49. The van der Waals surface area contributed by atoms with Gasteiger partial charge in [-0.25, -0.2) is 0 Å². The van der Waals surface area contributed by atoms with Crippen LogP contribution in [0.1, 0.15) is 12.8 Å². The zero-order valence-electron chi connectivity index (χ0n) is 6.15. The van der Waals surface area contributed by atoms with E-state index in [2.05, 4.69) is 5.32 Å². The van der Waals surface area contributed by atoms with Crippen molar-refractivity contribution in [1.29, 1.82) is 0 Å². The number of rotatable bonds is 0. The zero-order chi connectivity index (χ0) is 6.66. The van der Waals surface area contributed by atoms with E-state index >= 15 is 0 Å². The molecule has 56 valence electrons. The topological polar surface area (TPSA) is 21.3 Å². The van der Waals surface area contributed by atoms with Gasteiger partial charge in [-0.05, 0) is 18.3 Å². The molecule has 3 rings (SSSR count). The van der Waals surface area contributed by atoms with Crippen molar-refractivity contribution >= 4 is 0 Å². The highest BCUT2D eigenvalue weighted by Crippen LogP contribution is 2.59. The molecule has 0 amide bonds. The highest BCUT2D eigenvalue weighted by molar-refractivity contribution is 5.11. The Bertz CT molecular complexity index is 142. The van der Waals surface area contributed by atoms with Crippen LogP contribution in [0.3, 0.4) is 0 Å². The van der Waals surface area contributed by atoms with Gasteiger partial charge in [-0.15, -0.1) is 0 Å². The summed E-state index contributed by atoms with van der Waals surface area (Å²) in [6, 6.07) is 0. The minimum Gasteiger partial charge on any atom is -0.380 e. The summed E-state index contributed by atoms with van der Waals surface area (Å²) in [5.74, 6) is 0. The molecule has 2 heteroatoms. The van der Waals surface area contributed by atoms with Crippen LogP contribution in [0, 0.1) is 10.8 Å². The van der Waals surface area contributed by atoms with Crippen LogP contribution in [-0.2, 0) is 4.74 Å². The van der Waals surface area contributed by atoms with Gasteiger partial charge in [-0.3, -0.25) is 0 Å². The van der Waals surface area contributed by atoms with Gasteiger partial charge in [-0.2, -0.15) is 0 Å². The molecule has 2 heterocycles. The average Bonchev–Trinajstić information content (AvgIpc) is 1.52. The number of nitrogens with one attached hydrogen (secondary N) is 1. The lowest BCUT2D eigenvalue weighted by Gasteiger charge is -2.64. The van der Waals surface area contributed by atoms with Crippen molar-refractivity contribution < 1.29 is 4.74 Å². The minimum absolute atomic E-state index is 0.669. The van der Waals surface area contributed by atoms with Crippen LogP contribution in [0.25, 0.3) is 0 Å². The van der Waals surface area contributed by atoms with Crippen LogP contribution < -0.4 is 5.32 Å². The smallest absolute Gasteiger partial charge is 0.0545 e. The van der Waals surface area contributed by atoms with Gasteiger partial charge in [-0.1, -0.05) is 0 Å². The van der Waals surface area contributed by atoms with Gasteiger partial charge >= 0.3 is 0 Å². The van der Waals surface area contributed by atoms with E-state index in [9.17, 15) is 0 Å². The Morgan fingerprint density at radius 2 is 1.70 bits per heavy atom. The maximum atomic E-state index is 5.22. The minimum atomic E-state index is 0.669. The lowest BCUT2D eigenvalue weighted by Crippen LogP contribution is -2.68. The van der Waals surface area contributed by atoms with Crippen molar-refractivity contribution in [1.82, 2.24) is 5.32 Å². The molecule has 2 nitrogen and oxygen atoms in total. The molecule has 1 N–H and O–H groups in total. The van der Waals surface area contributed by atoms with Gasteiger partial charge in [0.15, 0.2) is 0 Å². The summed E-state index contributed by atoms with van der Waals surface area (Å²) in [5.41, 5.74) is 1.41. The van der Waals surface area contributed by atoms with E-state index in [1.165, 1.54) is 25.9 Å². The molecule has 10 heavy (non-hydrogen) atoms. The quantitative estimate of drug-likeness (QED) is 0.524. The van der Waals surface area contributed by atoms with E-state index in [1.54, 1.807) is 0 Å². The van der Waals surface area contributed by atoms with Crippen molar-refractivity contribution in [2.24, 2.45) is 10.8 Å². The van der Waals surface area contributed by atoms with Crippen molar-refractivity contribution in [2.75, 3.05) is 26.3 Å². The van der Waals surface area contributed by atoms with Gasteiger partial charge in [0.25, 0.3) is 0 Å². The van der Waals surface area contributed by atoms with E-state index in [1.807, 2.05) is 0 Å². The Labute approximate surface area is 60.9 Å². The maximum absolute atomic E-state index is 5.22. The van der Waals surface area contributed by atoms with Crippen LogP contribution in [0.15, 0.2) is 0 Å². The molecule has 1 aliphatic carbocycles. The lowest BCUT2D eigenvalue weighted by molar-refractivity contribution is -0.223. The fourth-order valence-electron chi connectivity index (χ4n) is 2.86. The highest BCUT2D eigenvalue weighted by Gasteiger charge is 2.60. The van der Waals surface area contributed by atoms with Crippen molar-refractivity contribution in [2.45, 2.75) is 12.8 Å². The Morgan fingerprint density at radius 3 is 2.00 bits per heavy atom. The second-order valence-electron chi connectivity index (χ2n) is 4.45. The fourth-order valence-corrected chi connectivity index (χ4v) is 2.86. The Hall–Kier alpha value is -0.0800. The summed E-state index contributed by atoms with van der Waals surface area (Å²) in [6.07, 6.45) is 2.88. The predicted octanol–water partition coefficient (Wildman–Crippen LogP) is 0.386. The molecule has 0 aromatic heterocycles. The van der Waals surface area contributed by atoms with Gasteiger partial charge in [0, 0.05) is 18.5 Å². The number of hydrogen-bond donors (Lipinski definition) is 1. The third kappa shape index (κ3) is 0.487. The second kappa shape index (κ2) is 1.41. The third-order valence-corrected chi connectivity index (χ3v) is 3.32. The monoisotopic (exact) mass is 139 g/mol. The molecule has 0 unspecified atom stereocenters. The molecule has 0 radical (unpaired) electrons. The predicted molar refractivity (Wildman–Crippen MR) is 37.8 cm³/mol. The summed E-state index contributed by atoms with van der Waals surface area (Å²) < 4.78 is 5.22. The molecule has 3 fully saturated rings. The van der Waals surface area contributed by atoms with Crippen LogP contribution >= 0.6 is 0 Å². The molecule has 0 aromatic rings. The van der Waals surface area contributed by atoms with Crippen molar-refractivity contribution in [3.05, 3.63) is 0 Å². The highest BCUT2D eigenvalue weighted by atomic mass is 16.5. The largest absolute Gasteiger partial charge is 0.380 e. The number of ether oxygens (including phenoxy) is 1. The van der Waals surface area contributed by atoms with E-state index in [0.29, 0.717) is 5.41 Å². The summed E-state index contributed by atoms with van der Waals surface area (Å²) >= 11 is 0. The third-order valence-electron chi connectivity index (χ3n) is 3.32. The van der Waals surface area contributed by atoms with E-state index in [0.717, 1.165) is 18.6 Å². The molecule has 2 spiro atoms. The second-order valence-corrected chi connectivity index (χ2v) is 4.45. The fraction of sp³-hybridized carbons (Fsp3) is 1.00. The van der Waals surface area contributed by atoms with Crippen LogP contribution in [0.5, 0.6) is 0 Å². The van der Waals surface area contributed by atoms with Gasteiger partial charge < -0.3 is 10.1 Å². The van der Waals surface area contributed by atoms with E-state index in [4.69, 9.17) is 4.74 Å². The normalized spacial score (nSPS) is 38.4. The summed E-state index contributed by atoms with van der Waals surface area (Å²) in [4.78, 5) is 0. The van der Waals surface area contributed by atoms with E-state index < -0.39 is 0 Å². The molecule has 0 atom stereocenters. The molecular formula is C8H13NO. The van der Waals surface area contributed by atoms with Crippen LogP contribution in [0.4, 0.5) is 0 Å². The van der Waals surface area contributed by atoms with Crippen LogP contribution in [-0.4, -0.2) is 26.3 Å². The Morgan fingerprint density at radius 1 is 1.00 bits per heavy atom. The summed E-state index contributed by atoms with van der Waals surface area (Å²) in [5, 5.41) is 3.35. The Kier molecular flexibility index (Phi) is 0.783. The molecular weight excluding hydrogens is 126 g/mol. The van der Waals surface area contributed by atoms with E-state index in [-0.39, 0.29) is 0 Å². The van der Waals surface area contributed by atoms with Crippen LogP contribution in [0.2, 0.25) is 0 Å². The first kappa shape index (κ1) is 5.56. The molecule has 2 saturated heterocycles. The van der Waals surface area contributed by atoms with Gasteiger partial charge in [0.05, 0.1) is 13.2 Å². The molecule has 0 bridgehead atoms. The first-order valence-electron chi connectivity index (χ1n) is 4.11. The zero-order valence-corrected chi connectivity index (χ0v) is 6.15. The molecule has 3 aliphatic rings. The Balaban J connectivity index is 1.69. The van der Waals surface area contributed by atoms with Crippen molar-refractivity contribution in [3.8, 4) is 0 Å². The first-order chi connectivity index (χ1) is 4.83. The molecule has 0 aromatic carbocycles. The molecule has 2 aliphatic heterocycles. The van der Waals surface area contributed by atoms with Gasteiger partial charge in [0.1, 0.15) is 0 Å². The number of hydrogen-bond acceptors (Lipinski definition) is 2. The maximum Gasteiger partial charge on any atom is 0.0545 e. The SMILES string of the molecule is C1NCC12CC1(COC1)C2. The summed E-state index contributed by atoms with van der Waals surface area (Å²) in [7, 11) is 0. The summed E-state index contributed by atoms with van der Waals surface area (Å²) in [6.45, 7) is 4.65.